The van der Waals surface area contributed by atoms with Gasteiger partial charge in [0, 0.05) is 17.5 Å². The van der Waals surface area contributed by atoms with E-state index < -0.39 is 18.5 Å². The van der Waals surface area contributed by atoms with Crippen LogP contribution in [0.2, 0.25) is 0 Å². The number of hydrogen-bond donors (Lipinski definition) is 1. The number of carbonyl (C=O) groups is 4. The minimum atomic E-state index is -0.615. The standard InChI is InChI=1S/C24H25NO5/c1-16(26)20-8-4-5-9-21(20)25-23(28)15-30-24(29)13-12-22(27)19-11-10-17-6-2-3-7-18(17)14-19/h4-5,8-11,14H,2-3,6-7,12-13,15H2,1H3,(H,25,28). The Bertz CT molecular complexity index is 979. The third-order valence-electron chi connectivity index (χ3n) is 5.17. The Hall–Kier alpha value is -3.28. The molecule has 0 saturated carbocycles. The SMILES string of the molecule is CC(=O)c1ccccc1NC(=O)COC(=O)CCC(=O)c1ccc2c(c1)CCCC2. The highest BCUT2D eigenvalue weighted by Gasteiger charge is 2.16. The molecule has 156 valence electrons. The van der Waals surface area contributed by atoms with Crippen LogP contribution in [-0.2, 0) is 27.2 Å². The molecule has 0 fully saturated rings. The number of hydrogen-bond acceptors (Lipinski definition) is 5. The Morgan fingerprint density at radius 3 is 2.43 bits per heavy atom. The number of carbonyl (C=O) groups excluding carboxylic acids is 4. The first-order valence-corrected chi connectivity index (χ1v) is 10.1. The number of ketones is 2. The maximum Gasteiger partial charge on any atom is 0.306 e. The predicted molar refractivity (Wildman–Crippen MR) is 113 cm³/mol. The van der Waals surface area contributed by atoms with E-state index in [-0.39, 0.29) is 24.4 Å². The van der Waals surface area contributed by atoms with Gasteiger partial charge < -0.3 is 10.1 Å². The Morgan fingerprint density at radius 1 is 0.933 bits per heavy atom. The van der Waals surface area contributed by atoms with Crippen molar-refractivity contribution >= 4 is 29.1 Å². The molecule has 6 heteroatoms. The van der Waals surface area contributed by atoms with E-state index in [0.29, 0.717) is 16.8 Å². The molecule has 0 atom stereocenters. The number of Topliss-reactive ketones (excluding diaryl/α,β-unsaturated/α-hetero) is 2. The molecule has 1 amide bonds. The second kappa shape index (κ2) is 9.96. The number of nitrogens with one attached hydrogen (secondary N) is 1. The molecule has 0 spiro atoms. The van der Waals surface area contributed by atoms with Gasteiger partial charge in [0.1, 0.15) is 0 Å². The lowest BCUT2D eigenvalue weighted by Crippen LogP contribution is -2.22. The van der Waals surface area contributed by atoms with Crippen molar-refractivity contribution in [2.24, 2.45) is 0 Å². The lowest BCUT2D eigenvalue weighted by atomic mass is 9.89. The summed E-state index contributed by atoms with van der Waals surface area (Å²) in [5, 5.41) is 2.56. The molecule has 0 saturated heterocycles. The number of rotatable bonds is 8. The smallest absolute Gasteiger partial charge is 0.306 e. The number of para-hydroxylation sites is 1. The monoisotopic (exact) mass is 407 g/mol. The molecule has 0 radical (unpaired) electrons. The van der Waals surface area contributed by atoms with Crippen LogP contribution in [0.25, 0.3) is 0 Å². The van der Waals surface area contributed by atoms with Gasteiger partial charge in [-0.2, -0.15) is 0 Å². The van der Waals surface area contributed by atoms with E-state index in [1.165, 1.54) is 24.5 Å². The zero-order chi connectivity index (χ0) is 21.5. The van der Waals surface area contributed by atoms with Gasteiger partial charge in [0.2, 0.25) is 0 Å². The molecule has 0 heterocycles. The average molecular weight is 407 g/mol. The first-order chi connectivity index (χ1) is 14.4. The molecular formula is C24H25NO5. The van der Waals surface area contributed by atoms with E-state index in [1.807, 2.05) is 18.2 Å². The van der Waals surface area contributed by atoms with Gasteiger partial charge in [-0.25, -0.2) is 0 Å². The van der Waals surface area contributed by atoms with Gasteiger partial charge in [0.25, 0.3) is 5.91 Å². The maximum atomic E-state index is 12.4. The summed E-state index contributed by atoms with van der Waals surface area (Å²) in [4.78, 5) is 47.9. The predicted octanol–water partition coefficient (Wildman–Crippen LogP) is 3.91. The molecule has 1 N–H and O–H groups in total. The summed E-state index contributed by atoms with van der Waals surface area (Å²) in [6.07, 6.45) is 4.30. The summed E-state index contributed by atoms with van der Waals surface area (Å²) in [6, 6.07) is 12.4. The van der Waals surface area contributed by atoms with Crippen LogP contribution in [0.15, 0.2) is 42.5 Å². The lowest BCUT2D eigenvalue weighted by molar-refractivity contribution is -0.147. The van der Waals surface area contributed by atoms with Crippen LogP contribution >= 0.6 is 0 Å². The quantitative estimate of drug-likeness (QED) is 0.529. The van der Waals surface area contributed by atoms with E-state index in [9.17, 15) is 19.2 Å². The van der Waals surface area contributed by atoms with Crippen LogP contribution in [-0.4, -0.2) is 30.0 Å². The third-order valence-corrected chi connectivity index (χ3v) is 5.17. The van der Waals surface area contributed by atoms with Crippen LogP contribution < -0.4 is 5.32 Å². The van der Waals surface area contributed by atoms with Gasteiger partial charge >= 0.3 is 5.97 Å². The van der Waals surface area contributed by atoms with Crippen LogP contribution in [0, 0.1) is 0 Å². The van der Waals surface area contributed by atoms with Crippen LogP contribution in [0.3, 0.4) is 0 Å². The highest BCUT2D eigenvalue weighted by molar-refractivity contribution is 6.04. The molecule has 6 nitrogen and oxygen atoms in total. The fourth-order valence-electron chi connectivity index (χ4n) is 3.57. The lowest BCUT2D eigenvalue weighted by Gasteiger charge is -2.16. The molecule has 0 bridgehead atoms. The zero-order valence-electron chi connectivity index (χ0n) is 17.0. The van der Waals surface area contributed by atoms with Gasteiger partial charge in [0.05, 0.1) is 12.1 Å². The summed E-state index contributed by atoms with van der Waals surface area (Å²) in [7, 11) is 0. The van der Waals surface area contributed by atoms with Crippen molar-refractivity contribution in [2.45, 2.75) is 45.4 Å². The molecule has 1 aliphatic carbocycles. The Balaban J connectivity index is 1.45. The summed E-state index contributed by atoms with van der Waals surface area (Å²) < 4.78 is 4.97. The number of aryl methyl sites for hydroxylation is 2. The topological polar surface area (TPSA) is 89.5 Å². The van der Waals surface area contributed by atoms with Crippen LogP contribution in [0.1, 0.15) is 64.4 Å². The summed E-state index contributed by atoms with van der Waals surface area (Å²) >= 11 is 0. The van der Waals surface area contributed by atoms with Crippen molar-refractivity contribution in [3.63, 3.8) is 0 Å². The second-order valence-electron chi connectivity index (χ2n) is 7.42. The van der Waals surface area contributed by atoms with Crippen LogP contribution in [0.5, 0.6) is 0 Å². The molecule has 0 aromatic heterocycles. The normalized spacial score (nSPS) is 12.6. The fourth-order valence-corrected chi connectivity index (χ4v) is 3.57. The molecule has 0 aliphatic heterocycles. The number of esters is 1. The minimum Gasteiger partial charge on any atom is -0.456 e. The van der Waals surface area contributed by atoms with Crippen molar-refractivity contribution in [1.82, 2.24) is 0 Å². The van der Waals surface area contributed by atoms with Gasteiger partial charge in [-0.05, 0) is 61.9 Å². The van der Waals surface area contributed by atoms with E-state index in [4.69, 9.17) is 4.74 Å². The summed E-state index contributed by atoms with van der Waals surface area (Å²) in [6.45, 7) is 0.933. The number of anilines is 1. The Morgan fingerprint density at radius 2 is 1.67 bits per heavy atom. The molecule has 1 aliphatic rings. The molecule has 2 aromatic rings. The molecular weight excluding hydrogens is 382 g/mol. The Labute approximate surface area is 175 Å². The largest absolute Gasteiger partial charge is 0.456 e. The van der Waals surface area contributed by atoms with E-state index in [2.05, 4.69) is 5.32 Å². The number of ether oxygens (including phenoxy) is 1. The zero-order valence-corrected chi connectivity index (χ0v) is 17.0. The first kappa shape index (κ1) is 21.4. The van der Waals surface area contributed by atoms with Crippen LogP contribution in [0.4, 0.5) is 5.69 Å². The molecule has 30 heavy (non-hydrogen) atoms. The fraction of sp³-hybridized carbons (Fsp3) is 0.333. The maximum absolute atomic E-state index is 12.4. The van der Waals surface area contributed by atoms with E-state index >= 15 is 0 Å². The Kier molecular flexibility index (Phi) is 7.12. The van der Waals surface area contributed by atoms with E-state index in [0.717, 1.165) is 19.3 Å². The van der Waals surface area contributed by atoms with Crippen molar-refractivity contribution in [1.29, 1.82) is 0 Å². The average Bonchev–Trinajstić information content (AvgIpc) is 2.76. The van der Waals surface area contributed by atoms with Crippen molar-refractivity contribution < 1.29 is 23.9 Å². The second-order valence-corrected chi connectivity index (χ2v) is 7.42. The minimum absolute atomic E-state index is 0.0341. The van der Waals surface area contributed by atoms with Gasteiger partial charge in [-0.1, -0.05) is 24.3 Å². The van der Waals surface area contributed by atoms with Crippen molar-refractivity contribution in [3.05, 3.63) is 64.7 Å². The number of benzene rings is 2. The van der Waals surface area contributed by atoms with Gasteiger partial charge in [-0.3, -0.25) is 19.2 Å². The van der Waals surface area contributed by atoms with Gasteiger partial charge in [0.15, 0.2) is 18.2 Å². The third kappa shape index (κ3) is 5.63. The highest BCUT2D eigenvalue weighted by Crippen LogP contribution is 2.23. The van der Waals surface area contributed by atoms with Gasteiger partial charge in [-0.15, -0.1) is 0 Å². The van der Waals surface area contributed by atoms with Crippen molar-refractivity contribution in [3.8, 4) is 0 Å². The molecule has 0 unspecified atom stereocenters. The summed E-state index contributed by atoms with van der Waals surface area (Å²) in [5.41, 5.74) is 3.88. The molecule has 2 aromatic carbocycles. The highest BCUT2D eigenvalue weighted by atomic mass is 16.5. The number of fused-ring (bicyclic) bond motifs is 1. The van der Waals surface area contributed by atoms with E-state index in [1.54, 1.807) is 24.3 Å². The first-order valence-electron chi connectivity index (χ1n) is 10.1. The van der Waals surface area contributed by atoms with Crippen molar-refractivity contribution in [2.75, 3.05) is 11.9 Å². The summed E-state index contributed by atoms with van der Waals surface area (Å²) in [5.74, 6) is -1.45. The molecule has 3 rings (SSSR count). The number of amides is 1.